The molecular formula is C20H24O7. The van der Waals surface area contributed by atoms with Gasteiger partial charge in [0.15, 0.2) is 0 Å². The Labute approximate surface area is 157 Å². The monoisotopic (exact) mass is 376 g/mol. The molecule has 3 fully saturated rings. The van der Waals surface area contributed by atoms with Crippen LogP contribution in [0.15, 0.2) is 35.5 Å². The number of hydrogen-bond donors (Lipinski definition) is 2. The molecule has 0 unspecified atom stereocenters. The van der Waals surface area contributed by atoms with Gasteiger partial charge in [0.2, 0.25) is 0 Å². The minimum Gasteiger partial charge on any atom is -0.458 e. The van der Waals surface area contributed by atoms with Crippen LogP contribution in [-0.4, -0.2) is 59.8 Å². The first kappa shape index (κ1) is 18.4. The fourth-order valence-electron chi connectivity index (χ4n) is 4.98. The molecule has 27 heavy (non-hydrogen) atoms. The smallest absolute Gasteiger partial charge is 0.336 e. The van der Waals surface area contributed by atoms with Gasteiger partial charge >= 0.3 is 11.9 Å². The summed E-state index contributed by atoms with van der Waals surface area (Å²) in [4.78, 5) is 24.7. The molecule has 0 radical (unpaired) electrons. The highest BCUT2D eigenvalue weighted by Crippen LogP contribution is 2.58. The standard InChI is InChI=1S/C20H24O7/c1-10-3-4-13-15(10)17-16(11(2)18(23)27-17)14(7-20(13)9-25-20)26-19(24)12(8-22)5-6-21/h3,5,13-17,21-22H,2,4,6-9H2,1H3/b12-5-/t13-,14-,15-,16-,17-,20-/m1/s1. The molecule has 0 aromatic carbocycles. The molecule has 2 saturated heterocycles. The normalized spacial score (nSPS) is 40.2. The highest BCUT2D eigenvalue weighted by Gasteiger charge is 2.65. The van der Waals surface area contributed by atoms with Gasteiger partial charge in [-0.2, -0.15) is 0 Å². The number of carbonyl (C=O) groups excluding carboxylic acids is 2. The van der Waals surface area contributed by atoms with Crippen molar-refractivity contribution in [1.29, 1.82) is 0 Å². The number of fused-ring (bicyclic) bond motifs is 4. The first-order chi connectivity index (χ1) is 12.9. The van der Waals surface area contributed by atoms with Gasteiger partial charge in [-0.1, -0.05) is 18.2 Å². The number of rotatable bonds is 4. The van der Waals surface area contributed by atoms with Crippen LogP contribution >= 0.6 is 0 Å². The van der Waals surface area contributed by atoms with Crippen LogP contribution in [0.1, 0.15) is 19.8 Å². The second kappa shape index (κ2) is 6.58. The molecular weight excluding hydrogens is 352 g/mol. The van der Waals surface area contributed by atoms with E-state index in [0.717, 1.165) is 12.0 Å². The van der Waals surface area contributed by atoms with Crippen LogP contribution in [0.2, 0.25) is 0 Å². The zero-order valence-electron chi connectivity index (χ0n) is 15.2. The summed E-state index contributed by atoms with van der Waals surface area (Å²) in [6.07, 6.45) is 3.61. The third kappa shape index (κ3) is 2.85. The number of aliphatic hydroxyl groups is 2. The summed E-state index contributed by atoms with van der Waals surface area (Å²) in [6.45, 7) is 5.60. The third-order valence-electron chi connectivity index (χ3n) is 6.44. The van der Waals surface area contributed by atoms with Crippen molar-refractivity contribution in [2.45, 2.75) is 37.6 Å². The van der Waals surface area contributed by atoms with Gasteiger partial charge in [-0.05, 0) is 19.4 Å². The van der Waals surface area contributed by atoms with E-state index in [2.05, 4.69) is 12.7 Å². The van der Waals surface area contributed by atoms with E-state index in [9.17, 15) is 14.7 Å². The lowest BCUT2D eigenvalue weighted by molar-refractivity contribution is -0.149. The summed E-state index contributed by atoms with van der Waals surface area (Å²) in [5.41, 5.74) is 1.07. The van der Waals surface area contributed by atoms with Gasteiger partial charge in [-0.25, -0.2) is 9.59 Å². The minimum atomic E-state index is -0.711. The number of aliphatic hydroxyl groups excluding tert-OH is 2. The second-order valence-corrected chi connectivity index (χ2v) is 7.81. The molecule has 0 amide bonds. The third-order valence-corrected chi connectivity index (χ3v) is 6.44. The zero-order valence-corrected chi connectivity index (χ0v) is 15.2. The summed E-state index contributed by atoms with van der Waals surface area (Å²) >= 11 is 0. The van der Waals surface area contributed by atoms with Gasteiger partial charge in [0, 0.05) is 23.8 Å². The average molecular weight is 376 g/mol. The van der Waals surface area contributed by atoms with Crippen LogP contribution in [0.3, 0.4) is 0 Å². The number of carbonyl (C=O) groups is 2. The second-order valence-electron chi connectivity index (χ2n) is 7.81. The molecule has 7 heteroatoms. The summed E-state index contributed by atoms with van der Waals surface area (Å²) in [7, 11) is 0. The molecule has 6 atom stereocenters. The van der Waals surface area contributed by atoms with Gasteiger partial charge in [0.1, 0.15) is 12.2 Å². The number of esters is 2. The predicted molar refractivity (Wildman–Crippen MR) is 93.3 cm³/mol. The van der Waals surface area contributed by atoms with E-state index in [4.69, 9.17) is 19.3 Å². The Morgan fingerprint density at radius 2 is 2.19 bits per heavy atom. The highest BCUT2D eigenvalue weighted by atomic mass is 16.6. The summed E-state index contributed by atoms with van der Waals surface area (Å²) in [5.74, 6) is -1.41. The van der Waals surface area contributed by atoms with Crippen molar-refractivity contribution in [3.05, 3.63) is 35.5 Å². The van der Waals surface area contributed by atoms with Gasteiger partial charge in [-0.15, -0.1) is 0 Å². The van der Waals surface area contributed by atoms with Crippen molar-refractivity contribution in [3.63, 3.8) is 0 Å². The molecule has 0 aromatic heterocycles. The zero-order chi connectivity index (χ0) is 19.3. The highest BCUT2D eigenvalue weighted by molar-refractivity contribution is 5.92. The first-order valence-corrected chi connectivity index (χ1v) is 9.24. The summed E-state index contributed by atoms with van der Waals surface area (Å²) in [6, 6.07) is 0. The fraction of sp³-hybridized carbons (Fsp3) is 0.600. The maximum absolute atomic E-state index is 12.5. The van der Waals surface area contributed by atoms with E-state index in [1.165, 1.54) is 6.08 Å². The number of hydrogen-bond acceptors (Lipinski definition) is 7. The van der Waals surface area contributed by atoms with Crippen LogP contribution in [0, 0.1) is 17.8 Å². The Morgan fingerprint density at radius 3 is 2.81 bits per heavy atom. The van der Waals surface area contributed by atoms with Crippen LogP contribution in [0.25, 0.3) is 0 Å². The van der Waals surface area contributed by atoms with Crippen molar-refractivity contribution < 1.29 is 34.0 Å². The topological polar surface area (TPSA) is 106 Å². The Kier molecular flexibility index (Phi) is 4.49. The lowest BCUT2D eigenvalue weighted by Crippen LogP contribution is -2.36. The lowest BCUT2D eigenvalue weighted by Gasteiger charge is -2.29. The van der Waals surface area contributed by atoms with Crippen molar-refractivity contribution in [2.75, 3.05) is 19.8 Å². The molecule has 0 aromatic rings. The summed E-state index contributed by atoms with van der Waals surface area (Å²) in [5, 5.41) is 18.4. The van der Waals surface area contributed by atoms with Crippen LogP contribution in [0.4, 0.5) is 0 Å². The molecule has 2 heterocycles. The van der Waals surface area contributed by atoms with Crippen LogP contribution in [0.5, 0.6) is 0 Å². The Bertz CT molecular complexity index is 745. The number of epoxide rings is 1. The molecule has 146 valence electrons. The van der Waals surface area contributed by atoms with Gasteiger partial charge in [0.25, 0.3) is 0 Å². The Morgan fingerprint density at radius 1 is 1.44 bits per heavy atom. The fourth-order valence-corrected chi connectivity index (χ4v) is 4.98. The molecule has 2 aliphatic carbocycles. The minimum absolute atomic E-state index is 0.0174. The maximum Gasteiger partial charge on any atom is 0.336 e. The molecule has 2 N–H and O–H groups in total. The van der Waals surface area contributed by atoms with Gasteiger partial charge < -0.3 is 24.4 Å². The van der Waals surface area contributed by atoms with Crippen LogP contribution < -0.4 is 0 Å². The Hall–Kier alpha value is -1.96. The SMILES string of the molecule is C=C1C(=O)O[C@@H]2[C@@H]3C(C)=CC[C@H]3[C@]3(CO3)C[C@@H](OC(=O)/C(=C\CO)CO)[C@@H]12. The van der Waals surface area contributed by atoms with E-state index in [-0.39, 0.29) is 29.6 Å². The molecule has 7 nitrogen and oxygen atoms in total. The summed E-state index contributed by atoms with van der Waals surface area (Å²) < 4.78 is 17.2. The molecule has 4 aliphatic rings. The molecule has 4 rings (SSSR count). The molecule has 0 bridgehead atoms. The van der Waals surface area contributed by atoms with Crippen molar-refractivity contribution >= 4 is 11.9 Å². The van der Waals surface area contributed by atoms with Gasteiger partial charge in [0.05, 0.1) is 36.9 Å². The van der Waals surface area contributed by atoms with Gasteiger partial charge in [-0.3, -0.25) is 0 Å². The quantitative estimate of drug-likeness (QED) is 0.321. The first-order valence-electron chi connectivity index (χ1n) is 9.24. The number of ether oxygens (including phenoxy) is 3. The van der Waals surface area contributed by atoms with E-state index in [1.54, 1.807) is 0 Å². The molecule has 1 saturated carbocycles. The maximum atomic E-state index is 12.5. The van der Waals surface area contributed by atoms with E-state index < -0.39 is 36.7 Å². The number of allylic oxidation sites excluding steroid dienone is 1. The van der Waals surface area contributed by atoms with E-state index in [0.29, 0.717) is 18.6 Å². The Balaban J connectivity index is 1.68. The van der Waals surface area contributed by atoms with Crippen molar-refractivity contribution in [2.24, 2.45) is 17.8 Å². The lowest BCUT2D eigenvalue weighted by atomic mass is 9.78. The molecule has 1 spiro atoms. The predicted octanol–water partition coefficient (Wildman–Crippen LogP) is 0.662. The largest absolute Gasteiger partial charge is 0.458 e. The molecule has 2 aliphatic heterocycles. The van der Waals surface area contributed by atoms with Crippen molar-refractivity contribution in [3.8, 4) is 0 Å². The average Bonchev–Trinajstić information content (AvgIpc) is 3.24. The van der Waals surface area contributed by atoms with Crippen LogP contribution in [-0.2, 0) is 23.8 Å². The van der Waals surface area contributed by atoms with E-state index >= 15 is 0 Å². The van der Waals surface area contributed by atoms with E-state index in [1.807, 2.05) is 6.92 Å². The van der Waals surface area contributed by atoms with Crippen molar-refractivity contribution in [1.82, 2.24) is 0 Å².